The van der Waals surface area contributed by atoms with Gasteiger partial charge in [-0.15, -0.1) is 11.3 Å². The standard InChI is InChI=1S/C12H11NO2S2/c1-8(6-9-4-3-5-16-9)7-10-11(14)13(2)12(15)17-10/h3-7H,1-2H3. The van der Waals surface area contributed by atoms with Crippen molar-refractivity contribution >= 4 is 40.3 Å². The molecule has 0 saturated carbocycles. The molecular formula is C12H11NO2S2. The fraction of sp³-hybridized carbons (Fsp3) is 0.167. The summed E-state index contributed by atoms with van der Waals surface area (Å²) in [6.45, 7) is 1.92. The van der Waals surface area contributed by atoms with Crippen LogP contribution in [0.5, 0.6) is 0 Å². The van der Waals surface area contributed by atoms with E-state index in [4.69, 9.17) is 0 Å². The predicted octanol–water partition coefficient (Wildman–Crippen LogP) is 3.36. The fourth-order valence-electron chi connectivity index (χ4n) is 1.39. The zero-order chi connectivity index (χ0) is 12.4. The van der Waals surface area contributed by atoms with E-state index in [0.717, 1.165) is 27.1 Å². The number of rotatable bonds is 2. The van der Waals surface area contributed by atoms with Crippen LogP contribution in [0.1, 0.15) is 11.8 Å². The van der Waals surface area contributed by atoms with E-state index < -0.39 is 0 Å². The van der Waals surface area contributed by atoms with Crippen LogP contribution < -0.4 is 0 Å². The van der Waals surface area contributed by atoms with Gasteiger partial charge in [0.1, 0.15) is 0 Å². The predicted molar refractivity (Wildman–Crippen MR) is 71.8 cm³/mol. The number of amides is 2. The topological polar surface area (TPSA) is 37.4 Å². The molecule has 3 nitrogen and oxygen atoms in total. The van der Waals surface area contributed by atoms with Crippen LogP contribution in [0.3, 0.4) is 0 Å². The Morgan fingerprint density at radius 3 is 2.71 bits per heavy atom. The van der Waals surface area contributed by atoms with Gasteiger partial charge in [-0.2, -0.15) is 0 Å². The maximum atomic E-state index is 11.6. The third-order valence-electron chi connectivity index (χ3n) is 2.26. The highest BCUT2D eigenvalue weighted by molar-refractivity contribution is 8.18. The van der Waals surface area contributed by atoms with E-state index in [1.54, 1.807) is 17.4 Å². The number of carbonyl (C=O) groups excluding carboxylic acids is 2. The van der Waals surface area contributed by atoms with E-state index >= 15 is 0 Å². The Morgan fingerprint density at radius 2 is 2.18 bits per heavy atom. The first-order valence-corrected chi connectivity index (χ1v) is 6.71. The average molecular weight is 265 g/mol. The molecule has 2 heterocycles. The Bertz CT molecular complexity index is 515. The molecule has 1 aliphatic rings. The van der Waals surface area contributed by atoms with Crippen LogP contribution in [0.25, 0.3) is 6.08 Å². The zero-order valence-corrected chi connectivity index (χ0v) is 11.1. The summed E-state index contributed by atoms with van der Waals surface area (Å²) in [6, 6.07) is 3.98. The zero-order valence-electron chi connectivity index (χ0n) is 9.47. The quantitative estimate of drug-likeness (QED) is 0.769. The van der Waals surface area contributed by atoms with Crippen LogP contribution >= 0.6 is 23.1 Å². The lowest BCUT2D eigenvalue weighted by atomic mass is 10.2. The van der Waals surface area contributed by atoms with Gasteiger partial charge in [0, 0.05) is 11.9 Å². The highest BCUT2D eigenvalue weighted by atomic mass is 32.2. The molecule has 0 N–H and O–H groups in total. The molecule has 1 aromatic heterocycles. The van der Waals surface area contributed by atoms with Crippen LogP contribution in [0.4, 0.5) is 4.79 Å². The summed E-state index contributed by atoms with van der Waals surface area (Å²) in [7, 11) is 1.50. The molecule has 1 aliphatic heterocycles. The number of allylic oxidation sites excluding steroid dienone is 2. The molecule has 5 heteroatoms. The Balaban J connectivity index is 2.21. The molecule has 1 fully saturated rings. The van der Waals surface area contributed by atoms with E-state index in [1.807, 2.05) is 30.5 Å². The van der Waals surface area contributed by atoms with Gasteiger partial charge in [-0.1, -0.05) is 6.07 Å². The van der Waals surface area contributed by atoms with Gasteiger partial charge in [0.25, 0.3) is 11.1 Å². The van der Waals surface area contributed by atoms with Crippen LogP contribution in [-0.2, 0) is 4.79 Å². The van der Waals surface area contributed by atoms with Crippen molar-refractivity contribution in [1.82, 2.24) is 4.90 Å². The Kier molecular flexibility index (Phi) is 3.49. The van der Waals surface area contributed by atoms with Crippen molar-refractivity contribution in [3.05, 3.63) is 38.9 Å². The third-order valence-corrected chi connectivity index (χ3v) is 4.04. The average Bonchev–Trinajstić information content (AvgIpc) is 2.85. The number of carbonyl (C=O) groups is 2. The number of hydrogen-bond donors (Lipinski definition) is 0. The summed E-state index contributed by atoms with van der Waals surface area (Å²) in [5.41, 5.74) is 0.964. The summed E-state index contributed by atoms with van der Waals surface area (Å²) in [6.07, 6.45) is 3.75. The Hall–Kier alpha value is -1.33. The monoisotopic (exact) mass is 265 g/mol. The van der Waals surface area contributed by atoms with Crippen LogP contribution in [-0.4, -0.2) is 23.1 Å². The molecule has 0 spiro atoms. The Labute approximate surface area is 108 Å². The normalized spacial score (nSPS) is 19.5. The lowest BCUT2D eigenvalue weighted by Gasteiger charge is -2.00. The second-order valence-corrected chi connectivity index (χ2v) is 5.62. The van der Waals surface area contributed by atoms with Crippen molar-refractivity contribution in [2.24, 2.45) is 0 Å². The molecule has 0 aliphatic carbocycles. The van der Waals surface area contributed by atoms with Gasteiger partial charge in [0.2, 0.25) is 0 Å². The molecule has 0 unspecified atom stereocenters. The number of likely N-dealkylation sites (N-methyl/N-ethyl adjacent to an activating group) is 1. The van der Waals surface area contributed by atoms with Gasteiger partial charge >= 0.3 is 0 Å². The minimum absolute atomic E-state index is 0.217. The maximum Gasteiger partial charge on any atom is 0.293 e. The summed E-state index contributed by atoms with van der Waals surface area (Å²) < 4.78 is 0. The van der Waals surface area contributed by atoms with E-state index in [-0.39, 0.29) is 11.1 Å². The largest absolute Gasteiger partial charge is 0.293 e. The van der Waals surface area contributed by atoms with Crippen molar-refractivity contribution in [1.29, 1.82) is 0 Å². The summed E-state index contributed by atoms with van der Waals surface area (Å²) in [5, 5.41) is 1.78. The molecule has 0 atom stereocenters. The molecule has 0 bridgehead atoms. The molecule has 88 valence electrons. The first-order valence-electron chi connectivity index (χ1n) is 5.01. The fourth-order valence-corrected chi connectivity index (χ4v) is 2.99. The summed E-state index contributed by atoms with van der Waals surface area (Å²) >= 11 is 2.62. The SMILES string of the molecule is CC(=Cc1cccs1)C=C1SC(=O)N(C)C1=O. The van der Waals surface area contributed by atoms with Gasteiger partial charge in [0.15, 0.2) is 0 Å². The number of nitrogens with zero attached hydrogens (tertiary/aromatic N) is 1. The number of hydrogen-bond acceptors (Lipinski definition) is 4. The molecule has 0 aromatic carbocycles. The van der Waals surface area contributed by atoms with Gasteiger partial charge in [0.05, 0.1) is 4.91 Å². The molecule has 1 aromatic rings. The molecular weight excluding hydrogens is 254 g/mol. The number of imide groups is 1. The second kappa shape index (κ2) is 4.89. The smallest absolute Gasteiger partial charge is 0.272 e. The van der Waals surface area contributed by atoms with Gasteiger partial charge in [-0.25, -0.2) is 0 Å². The minimum atomic E-state index is -0.223. The molecule has 2 amide bonds. The summed E-state index contributed by atoms with van der Waals surface area (Å²) in [4.78, 5) is 25.7. The molecule has 2 rings (SSSR count). The first-order chi connectivity index (χ1) is 8.08. The van der Waals surface area contributed by atoms with Crippen molar-refractivity contribution in [3.8, 4) is 0 Å². The van der Waals surface area contributed by atoms with E-state index in [0.29, 0.717) is 4.91 Å². The van der Waals surface area contributed by atoms with E-state index in [9.17, 15) is 9.59 Å². The van der Waals surface area contributed by atoms with Crippen molar-refractivity contribution < 1.29 is 9.59 Å². The van der Waals surface area contributed by atoms with E-state index in [1.165, 1.54) is 7.05 Å². The highest BCUT2D eigenvalue weighted by Gasteiger charge is 2.31. The van der Waals surface area contributed by atoms with Crippen LogP contribution in [0, 0.1) is 0 Å². The van der Waals surface area contributed by atoms with Gasteiger partial charge < -0.3 is 0 Å². The minimum Gasteiger partial charge on any atom is -0.272 e. The second-order valence-electron chi connectivity index (χ2n) is 3.64. The van der Waals surface area contributed by atoms with Gasteiger partial charge in [-0.05, 0) is 47.9 Å². The van der Waals surface area contributed by atoms with Crippen LogP contribution in [0.15, 0.2) is 34.1 Å². The van der Waals surface area contributed by atoms with E-state index in [2.05, 4.69) is 0 Å². The van der Waals surface area contributed by atoms with Gasteiger partial charge in [-0.3, -0.25) is 14.5 Å². The summed E-state index contributed by atoms with van der Waals surface area (Å²) in [5.74, 6) is -0.223. The van der Waals surface area contributed by atoms with Crippen LogP contribution in [0.2, 0.25) is 0 Å². The molecule has 1 saturated heterocycles. The lowest BCUT2D eigenvalue weighted by Crippen LogP contribution is -2.22. The van der Waals surface area contributed by atoms with Crippen molar-refractivity contribution in [2.75, 3.05) is 7.05 Å². The lowest BCUT2D eigenvalue weighted by molar-refractivity contribution is -0.121. The number of thiophene rings is 1. The Morgan fingerprint density at radius 1 is 1.41 bits per heavy atom. The highest BCUT2D eigenvalue weighted by Crippen LogP contribution is 2.30. The van der Waals surface area contributed by atoms with Crippen molar-refractivity contribution in [2.45, 2.75) is 6.92 Å². The van der Waals surface area contributed by atoms with Crippen molar-refractivity contribution in [3.63, 3.8) is 0 Å². The number of thioether (sulfide) groups is 1. The molecule has 17 heavy (non-hydrogen) atoms. The maximum absolute atomic E-state index is 11.6. The molecule has 0 radical (unpaired) electrons. The third kappa shape index (κ3) is 2.68. The first kappa shape index (κ1) is 12.1.